The van der Waals surface area contributed by atoms with Gasteiger partial charge in [0.25, 0.3) is 0 Å². The number of rotatable bonds is 6. The molecular weight excluding hydrogens is 439 g/mol. The summed E-state index contributed by atoms with van der Waals surface area (Å²) in [6, 6.07) is 14.5. The van der Waals surface area contributed by atoms with Crippen molar-refractivity contribution in [2.75, 3.05) is 12.9 Å². The maximum Gasteiger partial charge on any atom is 0.433 e. The number of carbonyl (C=O) groups excluding carboxylic acids is 1. The molecule has 1 heterocycles. The summed E-state index contributed by atoms with van der Waals surface area (Å²) in [5, 5.41) is 2.69. The van der Waals surface area contributed by atoms with Crippen molar-refractivity contribution < 1.29 is 22.7 Å². The molecule has 0 aliphatic heterocycles. The molecule has 0 bridgehead atoms. The van der Waals surface area contributed by atoms with Gasteiger partial charge < -0.3 is 10.1 Å². The van der Waals surface area contributed by atoms with Crippen LogP contribution in [-0.2, 0) is 30.4 Å². The van der Waals surface area contributed by atoms with Crippen LogP contribution in [0.4, 0.5) is 13.2 Å². The van der Waals surface area contributed by atoms with Crippen molar-refractivity contribution in [3.63, 3.8) is 0 Å². The number of methoxy groups -OCH3 is 1. The summed E-state index contributed by atoms with van der Waals surface area (Å²) in [6.45, 7) is 0.301. The van der Waals surface area contributed by atoms with Gasteiger partial charge >= 0.3 is 6.18 Å². The van der Waals surface area contributed by atoms with Crippen LogP contribution in [0.2, 0.25) is 0 Å². The summed E-state index contributed by atoms with van der Waals surface area (Å²) >= 11 is 0.893. The Morgan fingerprint density at radius 2 is 1.84 bits per heavy atom. The molecule has 2 aromatic carbocycles. The highest BCUT2D eigenvalue weighted by Crippen LogP contribution is 2.40. The van der Waals surface area contributed by atoms with E-state index in [9.17, 15) is 18.0 Å². The smallest absolute Gasteiger partial charge is 0.433 e. The third-order valence-corrected chi connectivity index (χ3v) is 6.00. The Morgan fingerprint density at radius 1 is 1.09 bits per heavy atom. The Labute approximate surface area is 187 Å². The molecular formula is C23H20F3N3O2S. The first-order valence-electron chi connectivity index (χ1n) is 9.94. The Balaban J connectivity index is 1.49. The highest BCUT2D eigenvalue weighted by molar-refractivity contribution is 7.99. The zero-order valence-electron chi connectivity index (χ0n) is 17.2. The maximum absolute atomic E-state index is 13.7. The lowest BCUT2D eigenvalue weighted by Gasteiger charge is -2.22. The molecule has 0 saturated carbocycles. The number of benzene rings is 2. The molecule has 0 spiro atoms. The van der Waals surface area contributed by atoms with E-state index in [4.69, 9.17) is 4.74 Å². The fourth-order valence-electron chi connectivity index (χ4n) is 3.58. The summed E-state index contributed by atoms with van der Waals surface area (Å²) in [5.41, 5.74) is 2.02. The lowest BCUT2D eigenvalue weighted by molar-refractivity contribution is -0.142. The normalized spacial score (nSPS) is 12.6. The Bertz CT molecular complexity index is 1130. The van der Waals surface area contributed by atoms with Gasteiger partial charge in [-0.25, -0.2) is 9.97 Å². The molecule has 3 aromatic rings. The molecule has 1 N–H and O–H groups in total. The van der Waals surface area contributed by atoms with Crippen molar-refractivity contribution >= 4 is 17.7 Å². The number of amides is 1. The SMILES string of the molecule is COc1ccc(CNC(=O)CSc2nc3c(c(C(F)(F)F)n2)CCc2ccccc2-3)cc1. The van der Waals surface area contributed by atoms with E-state index in [1.165, 1.54) is 0 Å². The van der Waals surface area contributed by atoms with Crippen LogP contribution in [0.25, 0.3) is 11.3 Å². The fourth-order valence-corrected chi connectivity index (χ4v) is 4.25. The van der Waals surface area contributed by atoms with E-state index in [-0.39, 0.29) is 28.8 Å². The molecule has 9 heteroatoms. The van der Waals surface area contributed by atoms with Crippen LogP contribution < -0.4 is 10.1 Å². The first-order valence-corrected chi connectivity index (χ1v) is 10.9. The monoisotopic (exact) mass is 459 g/mol. The minimum Gasteiger partial charge on any atom is -0.497 e. The summed E-state index contributed by atoms with van der Waals surface area (Å²) in [7, 11) is 1.57. The second-order valence-electron chi connectivity index (χ2n) is 7.25. The average Bonchev–Trinajstić information content (AvgIpc) is 2.80. The third kappa shape index (κ3) is 4.88. The minimum atomic E-state index is -4.59. The molecule has 32 heavy (non-hydrogen) atoms. The summed E-state index contributed by atoms with van der Waals surface area (Å²) in [4.78, 5) is 20.4. The number of ether oxygens (including phenoxy) is 1. The molecule has 1 aliphatic carbocycles. The van der Waals surface area contributed by atoms with Crippen LogP contribution in [0.3, 0.4) is 0 Å². The number of thioether (sulfide) groups is 1. The average molecular weight is 459 g/mol. The first kappa shape index (κ1) is 22.1. The van der Waals surface area contributed by atoms with Gasteiger partial charge in [0.1, 0.15) is 5.75 Å². The molecule has 0 saturated heterocycles. The lowest BCUT2D eigenvalue weighted by atomic mass is 9.88. The number of alkyl halides is 3. The van der Waals surface area contributed by atoms with Crippen molar-refractivity contribution in [1.29, 1.82) is 0 Å². The van der Waals surface area contributed by atoms with Crippen LogP contribution in [0.1, 0.15) is 22.4 Å². The van der Waals surface area contributed by atoms with E-state index >= 15 is 0 Å². The summed E-state index contributed by atoms with van der Waals surface area (Å²) < 4.78 is 46.2. The van der Waals surface area contributed by atoms with Crippen molar-refractivity contribution in [3.8, 4) is 17.0 Å². The summed E-state index contributed by atoms with van der Waals surface area (Å²) in [6.07, 6.45) is -3.85. The van der Waals surface area contributed by atoms with Gasteiger partial charge in [0.2, 0.25) is 5.91 Å². The molecule has 4 rings (SSSR count). The molecule has 0 radical (unpaired) electrons. The van der Waals surface area contributed by atoms with E-state index in [0.29, 0.717) is 30.0 Å². The number of halogens is 3. The van der Waals surface area contributed by atoms with E-state index in [1.807, 2.05) is 24.3 Å². The van der Waals surface area contributed by atoms with Gasteiger partial charge in [0.15, 0.2) is 10.9 Å². The highest BCUT2D eigenvalue weighted by Gasteiger charge is 2.38. The van der Waals surface area contributed by atoms with Crippen LogP contribution in [0.15, 0.2) is 53.7 Å². The zero-order valence-corrected chi connectivity index (χ0v) is 18.0. The van der Waals surface area contributed by atoms with Crippen molar-refractivity contribution in [3.05, 3.63) is 70.9 Å². The number of nitrogens with zero attached hydrogens (tertiary/aromatic N) is 2. The molecule has 1 aliphatic rings. The first-order chi connectivity index (χ1) is 15.3. The largest absolute Gasteiger partial charge is 0.497 e. The molecule has 1 amide bonds. The number of carbonyl (C=O) groups is 1. The van der Waals surface area contributed by atoms with Crippen LogP contribution in [0, 0.1) is 0 Å². The van der Waals surface area contributed by atoms with Gasteiger partial charge in [-0.2, -0.15) is 13.2 Å². The molecule has 0 atom stereocenters. The minimum absolute atomic E-state index is 0.0626. The zero-order chi connectivity index (χ0) is 22.7. The second-order valence-corrected chi connectivity index (χ2v) is 8.19. The molecule has 166 valence electrons. The quantitative estimate of drug-likeness (QED) is 0.429. The summed E-state index contributed by atoms with van der Waals surface area (Å²) in [5.74, 6) is 0.303. The van der Waals surface area contributed by atoms with Gasteiger partial charge in [-0.05, 0) is 36.1 Å². The van der Waals surface area contributed by atoms with Crippen LogP contribution in [0.5, 0.6) is 5.75 Å². The van der Waals surface area contributed by atoms with E-state index in [1.54, 1.807) is 31.4 Å². The van der Waals surface area contributed by atoms with Crippen molar-refractivity contribution in [1.82, 2.24) is 15.3 Å². The maximum atomic E-state index is 13.7. The lowest BCUT2D eigenvalue weighted by Crippen LogP contribution is -2.25. The Hall–Kier alpha value is -3.07. The predicted molar refractivity (Wildman–Crippen MR) is 115 cm³/mol. The van der Waals surface area contributed by atoms with Gasteiger partial charge in [-0.3, -0.25) is 4.79 Å². The number of nitrogens with one attached hydrogen (secondary N) is 1. The van der Waals surface area contributed by atoms with Gasteiger partial charge in [-0.15, -0.1) is 0 Å². The van der Waals surface area contributed by atoms with Crippen LogP contribution in [-0.4, -0.2) is 28.7 Å². The second kappa shape index (κ2) is 9.20. The predicted octanol–water partition coefficient (Wildman–Crippen LogP) is 4.68. The number of hydrogen-bond acceptors (Lipinski definition) is 5. The van der Waals surface area contributed by atoms with E-state index in [2.05, 4.69) is 15.3 Å². The fraction of sp³-hybridized carbons (Fsp3) is 0.261. The molecule has 1 aromatic heterocycles. The standard InChI is InChI=1S/C23H20F3N3O2S/c1-31-16-9-6-14(7-10-16)12-27-19(30)13-32-22-28-20-17-5-3-2-4-15(17)8-11-18(20)21(29-22)23(24,25)26/h2-7,9-10H,8,11-13H2,1H3,(H,27,30). The number of hydrogen-bond donors (Lipinski definition) is 1. The number of aryl methyl sites for hydroxylation is 1. The molecule has 5 nitrogen and oxygen atoms in total. The molecule has 0 unspecified atom stereocenters. The van der Waals surface area contributed by atoms with Gasteiger partial charge in [0, 0.05) is 17.7 Å². The highest BCUT2D eigenvalue weighted by atomic mass is 32.2. The van der Waals surface area contributed by atoms with E-state index in [0.717, 1.165) is 22.9 Å². The third-order valence-electron chi connectivity index (χ3n) is 5.15. The van der Waals surface area contributed by atoms with Crippen molar-refractivity contribution in [2.45, 2.75) is 30.7 Å². The molecule has 0 fully saturated rings. The van der Waals surface area contributed by atoms with Crippen molar-refractivity contribution in [2.24, 2.45) is 0 Å². The van der Waals surface area contributed by atoms with Gasteiger partial charge in [0.05, 0.1) is 18.6 Å². The Kier molecular flexibility index (Phi) is 6.36. The van der Waals surface area contributed by atoms with Gasteiger partial charge in [-0.1, -0.05) is 48.2 Å². The number of aromatic nitrogens is 2. The topological polar surface area (TPSA) is 64.1 Å². The Morgan fingerprint density at radius 3 is 2.56 bits per heavy atom. The van der Waals surface area contributed by atoms with Crippen LogP contribution >= 0.6 is 11.8 Å². The number of fused-ring (bicyclic) bond motifs is 3. The van der Waals surface area contributed by atoms with E-state index < -0.39 is 11.9 Å².